The Kier molecular flexibility index (Phi) is 4.46. The predicted molar refractivity (Wildman–Crippen MR) is 83.3 cm³/mol. The molecular formula is C18H17N. The summed E-state index contributed by atoms with van der Waals surface area (Å²) >= 11 is 0. The van der Waals surface area contributed by atoms with Gasteiger partial charge >= 0.3 is 0 Å². The van der Waals surface area contributed by atoms with E-state index in [1.165, 1.54) is 17.4 Å². The van der Waals surface area contributed by atoms with Gasteiger partial charge in [-0.3, -0.25) is 0 Å². The van der Waals surface area contributed by atoms with E-state index in [0.29, 0.717) is 0 Å². The van der Waals surface area contributed by atoms with Crippen molar-refractivity contribution < 1.29 is 0 Å². The van der Waals surface area contributed by atoms with Crippen LogP contribution in [0.1, 0.15) is 12.0 Å². The number of nitrogens with one attached hydrogen (secondary N) is 1. The van der Waals surface area contributed by atoms with E-state index in [-0.39, 0.29) is 0 Å². The summed E-state index contributed by atoms with van der Waals surface area (Å²) in [6.07, 6.45) is 14.2. The Morgan fingerprint density at radius 1 is 1.05 bits per heavy atom. The SMILES string of the molecule is C=C/C=C1C=CC(=C\c2ccccc2)/C(=C\C=N)C\1. The third-order valence-electron chi connectivity index (χ3n) is 2.98. The largest absolute Gasteiger partial charge is 0.309 e. The molecule has 1 aliphatic carbocycles. The predicted octanol–water partition coefficient (Wildman–Crippen LogP) is 4.72. The molecule has 0 radical (unpaired) electrons. The molecular weight excluding hydrogens is 230 g/mol. The Morgan fingerprint density at radius 3 is 2.53 bits per heavy atom. The van der Waals surface area contributed by atoms with Crippen molar-refractivity contribution in [2.45, 2.75) is 6.42 Å². The molecule has 94 valence electrons. The first-order valence-corrected chi connectivity index (χ1v) is 6.30. The molecule has 1 heteroatoms. The van der Waals surface area contributed by atoms with Gasteiger partial charge in [0.25, 0.3) is 0 Å². The van der Waals surface area contributed by atoms with Crippen LogP contribution in [-0.2, 0) is 0 Å². The fraction of sp³-hybridized carbons (Fsp3) is 0.0556. The fourth-order valence-electron chi connectivity index (χ4n) is 2.08. The number of allylic oxidation sites excluding steroid dienone is 8. The summed E-state index contributed by atoms with van der Waals surface area (Å²) in [5, 5.41) is 7.28. The summed E-state index contributed by atoms with van der Waals surface area (Å²) < 4.78 is 0. The number of benzene rings is 1. The summed E-state index contributed by atoms with van der Waals surface area (Å²) in [6.45, 7) is 3.72. The van der Waals surface area contributed by atoms with Crippen LogP contribution in [0.2, 0.25) is 0 Å². The average molecular weight is 247 g/mol. The van der Waals surface area contributed by atoms with Gasteiger partial charge < -0.3 is 5.41 Å². The second-order valence-electron chi connectivity index (χ2n) is 4.36. The molecule has 0 amide bonds. The number of hydrogen-bond donors (Lipinski definition) is 1. The molecule has 1 aromatic rings. The molecule has 0 aliphatic heterocycles. The third kappa shape index (κ3) is 3.52. The van der Waals surface area contributed by atoms with Crippen molar-refractivity contribution >= 4 is 12.3 Å². The Morgan fingerprint density at radius 2 is 1.84 bits per heavy atom. The van der Waals surface area contributed by atoms with Crippen LogP contribution in [0.3, 0.4) is 0 Å². The highest BCUT2D eigenvalue weighted by molar-refractivity contribution is 5.75. The van der Waals surface area contributed by atoms with Crippen LogP contribution in [0.25, 0.3) is 6.08 Å². The van der Waals surface area contributed by atoms with Crippen molar-refractivity contribution in [1.29, 1.82) is 5.41 Å². The maximum atomic E-state index is 7.28. The molecule has 0 spiro atoms. The molecule has 19 heavy (non-hydrogen) atoms. The summed E-state index contributed by atoms with van der Waals surface area (Å²) in [7, 11) is 0. The molecule has 0 saturated heterocycles. The Balaban J connectivity index is 2.38. The van der Waals surface area contributed by atoms with Crippen LogP contribution >= 0.6 is 0 Å². The van der Waals surface area contributed by atoms with Gasteiger partial charge in [0.2, 0.25) is 0 Å². The highest BCUT2D eigenvalue weighted by atomic mass is 14.3. The Bertz CT molecular complexity index is 583. The molecule has 0 saturated carbocycles. The minimum atomic E-state index is 0.844. The van der Waals surface area contributed by atoms with Gasteiger partial charge in [0.15, 0.2) is 0 Å². The molecule has 1 aromatic carbocycles. The van der Waals surface area contributed by atoms with Gasteiger partial charge in [-0.1, -0.05) is 61.2 Å². The summed E-state index contributed by atoms with van der Waals surface area (Å²) in [5.41, 5.74) is 4.72. The summed E-state index contributed by atoms with van der Waals surface area (Å²) in [6, 6.07) is 10.2. The first kappa shape index (κ1) is 13.0. The first-order chi connectivity index (χ1) is 9.33. The first-order valence-electron chi connectivity index (χ1n) is 6.30. The van der Waals surface area contributed by atoms with Gasteiger partial charge in [0, 0.05) is 6.21 Å². The molecule has 1 aliphatic rings. The normalized spacial score (nSPS) is 20.9. The maximum absolute atomic E-state index is 7.28. The van der Waals surface area contributed by atoms with Crippen molar-refractivity contribution in [1.82, 2.24) is 0 Å². The van der Waals surface area contributed by atoms with Gasteiger partial charge in [0.05, 0.1) is 0 Å². The number of rotatable bonds is 3. The lowest BCUT2D eigenvalue weighted by Crippen LogP contribution is -1.96. The summed E-state index contributed by atoms with van der Waals surface area (Å²) in [5.74, 6) is 0. The van der Waals surface area contributed by atoms with Crippen LogP contribution < -0.4 is 0 Å². The van der Waals surface area contributed by atoms with Crippen molar-refractivity contribution in [3.8, 4) is 0 Å². The molecule has 1 N–H and O–H groups in total. The highest BCUT2D eigenvalue weighted by Gasteiger charge is 2.09. The molecule has 0 bridgehead atoms. The van der Waals surface area contributed by atoms with Crippen molar-refractivity contribution in [2.75, 3.05) is 0 Å². The lowest BCUT2D eigenvalue weighted by atomic mass is 9.90. The van der Waals surface area contributed by atoms with Crippen LogP contribution in [0.4, 0.5) is 0 Å². The van der Waals surface area contributed by atoms with E-state index in [4.69, 9.17) is 5.41 Å². The van der Waals surface area contributed by atoms with Gasteiger partial charge in [-0.2, -0.15) is 0 Å². The monoisotopic (exact) mass is 247 g/mol. The number of hydrogen-bond acceptors (Lipinski definition) is 1. The van der Waals surface area contributed by atoms with E-state index in [1.54, 1.807) is 6.08 Å². The zero-order chi connectivity index (χ0) is 13.5. The Labute approximate surface area is 114 Å². The molecule has 2 rings (SSSR count). The smallest absolute Gasteiger partial charge is 0.0180 e. The van der Waals surface area contributed by atoms with E-state index in [9.17, 15) is 0 Å². The molecule has 0 fully saturated rings. The van der Waals surface area contributed by atoms with E-state index in [2.05, 4.69) is 36.9 Å². The molecule has 0 heterocycles. The second-order valence-corrected chi connectivity index (χ2v) is 4.36. The molecule has 0 atom stereocenters. The quantitative estimate of drug-likeness (QED) is 0.747. The van der Waals surface area contributed by atoms with E-state index >= 15 is 0 Å². The average Bonchev–Trinajstić information content (AvgIpc) is 2.43. The Hall–Kier alpha value is -2.41. The highest BCUT2D eigenvalue weighted by Crippen LogP contribution is 2.28. The van der Waals surface area contributed by atoms with Gasteiger partial charge in [-0.15, -0.1) is 0 Å². The summed E-state index contributed by atoms with van der Waals surface area (Å²) in [4.78, 5) is 0. The van der Waals surface area contributed by atoms with Crippen molar-refractivity contribution in [2.24, 2.45) is 0 Å². The lowest BCUT2D eigenvalue weighted by Gasteiger charge is -2.15. The maximum Gasteiger partial charge on any atom is 0.0180 e. The molecule has 0 aromatic heterocycles. The minimum Gasteiger partial charge on any atom is -0.309 e. The minimum absolute atomic E-state index is 0.844. The standard InChI is InChI=1S/C18H17N/c1-2-6-15-9-10-17(18(13-15)11-12-19)14-16-7-4-3-5-8-16/h2-12,14,19H,1,13H2/b15-6+,17-14+,18-11-,19-12?. The van der Waals surface area contributed by atoms with E-state index in [1.807, 2.05) is 30.4 Å². The van der Waals surface area contributed by atoms with E-state index in [0.717, 1.165) is 17.6 Å². The molecule has 0 unspecified atom stereocenters. The van der Waals surface area contributed by atoms with Crippen molar-refractivity contribution in [3.63, 3.8) is 0 Å². The van der Waals surface area contributed by atoms with Crippen LogP contribution in [0.15, 0.2) is 84.0 Å². The van der Waals surface area contributed by atoms with Gasteiger partial charge in [-0.25, -0.2) is 0 Å². The zero-order valence-corrected chi connectivity index (χ0v) is 10.8. The van der Waals surface area contributed by atoms with Gasteiger partial charge in [0.1, 0.15) is 0 Å². The van der Waals surface area contributed by atoms with Gasteiger partial charge in [-0.05, 0) is 40.9 Å². The van der Waals surface area contributed by atoms with Crippen molar-refractivity contribution in [3.05, 3.63) is 89.6 Å². The van der Waals surface area contributed by atoms with Crippen LogP contribution in [-0.4, -0.2) is 6.21 Å². The topological polar surface area (TPSA) is 23.9 Å². The third-order valence-corrected chi connectivity index (χ3v) is 2.98. The van der Waals surface area contributed by atoms with Crippen LogP contribution in [0.5, 0.6) is 0 Å². The second kappa shape index (κ2) is 6.50. The van der Waals surface area contributed by atoms with Crippen LogP contribution in [0, 0.1) is 5.41 Å². The zero-order valence-electron chi connectivity index (χ0n) is 10.8. The molecule has 1 nitrogen and oxygen atoms in total. The lowest BCUT2D eigenvalue weighted by molar-refractivity contribution is 1.16. The van der Waals surface area contributed by atoms with E-state index < -0.39 is 0 Å². The fourth-order valence-corrected chi connectivity index (χ4v) is 2.08.